The number of nitrogens with one attached hydrogen (secondary N) is 2. The Labute approximate surface area is 203 Å². The summed E-state index contributed by atoms with van der Waals surface area (Å²) >= 11 is 6.05. The zero-order valence-corrected chi connectivity index (χ0v) is 20.2. The van der Waals surface area contributed by atoms with Crippen molar-refractivity contribution in [1.29, 1.82) is 0 Å². The third-order valence-corrected chi connectivity index (χ3v) is 5.46. The number of hydrazone groups is 1. The number of anilines is 1. The fourth-order valence-electron chi connectivity index (χ4n) is 2.97. The van der Waals surface area contributed by atoms with Gasteiger partial charge in [0.2, 0.25) is 0 Å². The first-order chi connectivity index (χ1) is 16.3. The summed E-state index contributed by atoms with van der Waals surface area (Å²) in [5.74, 6) is -0.644. The number of aryl methyl sites for hydroxylation is 2. The van der Waals surface area contributed by atoms with E-state index in [1.807, 2.05) is 38.1 Å². The van der Waals surface area contributed by atoms with Gasteiger partial charge in [-0.3, -0.25) is 9.59 Å². The van der Waals surface area contributed by atoms with Gasteiger partial charge in [-0.05, 0) is 62.2 Å². The number of hydrogen-bond donors (Lipinski definition) is 2. The molecule has 0 aliphatic carbocycles. The molecule has 0 saturated heterocycles. The van der Waals surface area contributed by atoms with Crippen LogP contribution in [0.2, 0.25) is 5.02 Å². The molecule has 3 aromatic carbocycles. The number of benzene rings is 3. The van der Waals surface area contributed by atoms with Gasteiger partial charge in [0.15, 0.2) is 11.5 Å². The minimum atomic E-state index is -0.902. The van der Waals surface area contributed by atoms with Gasteiger partial charge in [0, 0.05) is 16.3 Å². The van der Waals surface area contributed by atoms with Crippen LogP contribution in [-0.4, -0.2) is 24.6 Å². The molecular formula is C26H26ClN3O4. The predicted octanol–water partition coefficient (Wildman–Crippen LogP) is 5.02. The Hall–Kier alpha value is -3.84. The monoisotopic (exact) mass is 479 g/mol. The number of rotatable bonds is 7. The molecule has 0 atom stereocenters. The van der Waals surface area contributed by atoms with Gasteiger partial charge >= 0.3 is 11.8 Å². The van der Waals surface area contributed by atoms with Gasteiger partial charge in [0.05, 0.1) is 12.8 Å². The maximum atomic E-state index is 12.1. The summed E-state index contributed by atoms with van der Waals surface area (Å²) in [5, 5.41) is 7.01. The quantitative estimate of drug-likeness (QED) is 0.283. The van der Waals surface area contributed by atoms with Gasteiger partial charge in [0.1, 0.15) is 6.61 Å². The largest absolute Gasteiger partial charge is 0.493 e. The zero-order valence-electron chi connectivity index (χ0n) is 19.4. The molecule has 0 saturated carbocycles. The summed E-state index contributed by atoms with van der Waals surface area (Å²) in [6.07, 6.45) is 0. The van der Waals surface area contributed by atoms with Gasteiger partial charge in [0.25, 0.3) is 0 Å². The van der Waals surface area contributed by atoms with Crippen LogP contribution in [0.4, 0.5) is 5.69 Å². The predicted molar refractivity (Wildman–Crippen MR) is 134 cm³/mol. The minimum absolute atomic E-state index is 0.403. The molecule has 0 heterocycles. The molecule has 3 rings (SSSR count). The van der Waals surface area contributed by atoms with Crippen molar-refractivity contribution in [3.8, 4) is 11.5 Å². The lowest BCUT2D eigenvalue weighted by Crippen LogP contribution is -2.32. The van der Waals surface area contributed by atoms with Crippen molar-refractivity contribution < 1.29 is 19.1 Å². The van der Waals surface area contributed by atoms with Crippen LogP contribution < -0.4 is 20.2 Å². The lowest BCUT2D eigenvalue weighted by molar-refractivity contribution is -0.136. The number of ether oxygens (including phenoxy) is 2. The van der Waals surface area contributed by atoms with Crippen molar-refractivity contribution in [3.63, 3.8) is 0 Å². The molecule has 0 aliphatic heterocycles. The van der Waals surface area contributed by atoms with Gasteiger partial charge in [-0.1, -0.05) is 47.5 Å². The molecule has 0 radical (unpaired) electrons. The zero-order chi connectivity index (χ0) is 24.7. The van der Waals surface area contributed by atoms with E-state index in [9.17, 15) is 9.59 Å². The molecule has 0 unspecified atom stereocenters. The molecule has 0 aromatic heterocycles. The molecule has 2 N–H and O–H groups in total. The van der Waals surface area contributed by atoms with Crippen molar-refractivity contribution in [3.05, 3.63) is 87.9 Å². The summed E-state index contributed by atoms with van der Waals surface area (Å²) in [6.45, 7) is 5.99. The third kappa shape index (κ3) is 6.59. The first-order valence-electron chi connectivity index (χ1n) is 10.6. The van der Waals surface area contributed by atoms with Crippen LogP contribution in [0.5, 0.6) is 11.5 Å². The van der Waals surface area contributed by atoms with Gasteiger partial charge in [-0.15, -0.1) is 0 Å². The second-order valence-corrected chi connectivity index (χ2v) is 8.10. The average molecular weight is 480 g/mol. The highest BCUT2D eigenvalue weighted by Gasteiger charge is 2.14. The summed E-state index contributed by atoms with van der Waals surface area (Å²) in [7, 11) is 1.55. The molecule has 0 bridgehead atoms. The molecule has 0 aliphatic rings. The van der Waals surface area contributed by atoms with Crippen molar-refractivity contribution >= 4 is 34.8 Å². The van der Waals surface area contributed by atoms with Crippen LogP contribution in [-0.2, 0) is 16.2 Å². The molecule has 8 heteroatoms. The van der Waals surface area contributed by atoms with Crippen LogP contribution in [0.1, 0.15) is 29.2 Å². The van der Waals surface area contributed by atoms with Crippen molar-refractivity contribution in [2.24, 2.45) is 5.10 Å². The number of halogens is 1. The molecule has 2 amide bonds. The molecular weight excluding hydrogens is 454 g/mol. The summed E-state index contributed by atoms with van der Waals surface area (Å²) < 4.78 is 11.3. The maximum Gasteiger partial charge on any atom is 0.329 e. The fourth-order valence-corrected chi connectivity index (χ4v) is 3.15. The van der Waals surface area contributed by atoms with E-state index < -0.39 is 11.8 Å². The Morgan fingerprint density at radius 1 is 0.941 bits per heavy atom. The molecule has 176 valence electrons. The van der Waals surface area contributed by atoms with E-state index in [0.29, 0.717) is 40.1 Å². The standard InChI is InChI=1S/C26H26ClN3O4/c1-16-5-8-19(9-6-16)15-34-23-12-10-20(13-24(23)33-4)18(3)29-30-26(32)25(31)28-21-11-7-17(2)22(27)14-21/h5-14H,15H2,1-4H3,(H,28,31)(H,30,32)/b29-18+. The normalized spacial score (nSPS) is 11.0. The third-order valence-electron chi connectivity index (χ3n) is 5.06. The number of methoxy groups -OCH3 is 1. The summed E-state index contributed by atoms with van der Waals surface area (Å²) in [4.78, 5) is 24.3. The van der Waals surface area contributed by atoms with E-state index >= 15 is 0 Å². The Morgan fingerprint density at radius 2 is 1.68 bits per heavy atom. The number of carbonyl (C=O) groups excluding carboxylic acids is 2. The maximum absolute atomic E-state index is 12.1. The van der Waals surface area contributed by atoms with E-state index in [4.69, 9.17) is 21.1 Å². The molecule has 0 spiro atoms. The van der Waals surface area contributed by atoms with Crippen molar-refractivity contribution in [1.82, 2.24) is 5.43 Å². The number of amides is 2. The highest BCUT2D eigenvalue weighted by molar-refractivity contribution is 6.40. The van der Waals surface area contributed by atoms with E-state index in [1.165, 1.54) is 5.56 Å². The first-order valence-corrected chi connectivity index (χ1v) is 10.9. The van der Waals surface area contributed by atoms with E-state index in [0.717, 1.165) is 11.1 Å². The Kier molecular flexibility index (Phi) is 8.27. The molecule has 7 nitrogen and oxygen atoms in total. The number of nitrogens with zero attached hydrogens (tertiary/aromatic N) is 1. The highest BCUT2D eigenvalue weighted by Crippen LogP contribution is 2.29. The summed E-state index contributed by atoms with van der Waals surface area (Å²) in [6, 6.07) is 18.4. The smallest absolute Gasteiger partial charge is 0.329 e. The minimum Gasteiger partial charge on any atom is -0.493 e. The van der Waals surface area contributed by atoms with Crippen LogP contribution in [0.15, 0.2) is 65.8 Å². The number of hydrogen-bond acceptors (Lipinski definition) is 5. The van der Waals surface area contributed by atoms with Crippen LogP contribution in [0.3, 0.4) is 0 Å². The van der Waals surface area contributed by atoms with Crippen molar-refractivity contribution in [2.45, 2.75) is 27.4 Å². The Bertz CT molecular complexity index is 1220. The van der Waals surface area contributed by atoms with Crippen LogP contribution >= 0.6 is 11.6 Å². The Balaban J connectivity index is 1.62. The van der Waals surface area contributed by atoms with Gasteiger partial charge < -0.3 is 14.8 Å². The van der Waals surface area contributed by atoms with Crippen molar-refractivity contribution in [2.75, 3.05) is 12.4 Å². The lowest BCUT2D eigenvalue weighted by atomic mass is 10.1. The van der Waals surface area contributed by atoms with E-state index in [2.05, 4.69) is 15.8 Å². The number of carbonyl (C=O) groups is 2. The van der Waals surface area contributed by atoms with Crippen LogP contribution in [0, 0.1) is 13.8 Å². The lowest BCUT2D eigenvalue weighted by Gasteiger charge is -2.12. The fraction of sp³-hybridized carbons (Fsp3) is 0.192. The SMILES string of the molecule is COc1cc(/C(C)=N/NC(=O)C(=O)Nc2ccc(C)c(Cl)c2)ccc1OCc1ccc(C)cc1. The topological polar surface area (TPSA) is 89.0 Å². The molecule has 3 aromatic rings. The molecule has 0 fully saturated rings. The van der Waals surface area contributed by atoms with Gasteiger partial charge in [-0.2, -0.15) is 5.10 Å². The second-order valence-electron chi connectivity index (χ2n) is 7.70. The summed E-state index contributed by atoms with van der Waals surface area (Å²) in [5.41, 5.74) is 6.97. The second kappa shape index (κ2) is 11.3. The highest BCUT2D eigenvalue weighted by atomic mass is 35.5. The molecule has 34 heavy (non-hydrogen) atoms. The first kappa shape index (κ1) is 24.8. The van der Waals surface area contributed by atoms with E-state index in [-0.39, 0.29) is 0 Å². The Morgan fingerprint density at radius 3 is 2.35 bits per heavy atom. The van der Waals surface area contributed by atoms with E-state index in [1.54, 1.807) is 50.4 Å². The van der Waals surface area contributed by atoms with Crippen LogP contribution in [0.25, 0.3) is 0 Å². The average Bonchev–Trinajstić information content (AvgIpc) is 2.84. The van der Waals surface area contributed by atoms with Gasteiger partial charge in [-0.25, -0.2) is 5.43 Å².